The fourth-order valence-electron chi connectivity index (χ4n) is 2.70. The van der Waals surface area contributed by atoms with Gasteiger partial charge in [-0.05, 0) is 50.6 Å². The Morgan fingerprint density at radius 3 is 2.38 bits per heavy atom. The summed E-state index contributed by atoms with van der Waals surface area (Å²) >= 11 is 0. The molecule has 7 nitrogen and oxygen atoms in total. The summed E-state index contributed by atoms with van der Waals surface area (Å²) in [4.78, 5) is 25.3. The van der Waals surface area contributed by atoms with Gasteiger partial charge in [0.25, 0.3) is 5.91 Å². The first-order valence-electron chi connectivity index (χ1n) is 9.28. The average Bonchev–Trinajstić information content (AvgIpc) is 2.68. The fraction of sp³-hybridized carbons (Fsp3) is 0.238. The summed E-state index contributed by atoms with van der Waals surface area (Å²) in [5.74, 6) is 0.975. The summed E-state index contributed by atoms with van der Waals surface area (Å²) in [5.41, 5.74) is 1.35. The molecule has 2 heterocycles. The average molecular weight is 394 g/mol. The Kier molecular flexibility index (Phi) is 6.33. The molecule has 3 N–H and O–H groups in total. The van der Waals surface area contributed by atoms with Gasteiger partial charge in [0, 0.05) is 30.0 Å². The van der Waals surface area contributed by atoms with E-state index in [4.69, 9.17) is 0 Å². The quantitative estimate of drug-likeness (QED) is 0.560. The molecule has 8 heteroatoms. The molecule has 150 valence electrons. The molecular weight excluding hydrogens is 371 g/mol. The number of nitrogens with one attached hydrogen (secondary N) is 3. The molecule has 0 spiro atoms. The van der Waals surface area contributed by atoms with Crippen molar-refractivity contribution in [3.63, 3.8) is 0 Å². The smallest absolute Gasteiger partial charge is 0.251 e. The third-order valence-corrected chi connectivity index (χ3v) is 4.06. The summed E-state index contributed by atoms with van der Waals surface area (Å²) in [6, 6.07) is 9.43. The van der Waals surface area contributed by atoms with E-state index in [-0.39, 0.29) is 23.8 Å². The van der Waals surface area contributed by atoms with Crippen LogP contribution in [0.1, 0.15) is 42.7 Å². The number of amides is 1. The molecule has 3 aromatic rings. The lowest BCUT2D eigenvalue weighted by Gasteiger charge is -2.17. The molecule has 0 bridgehead atoms. The maximum atomic E-state index is 13.2. The first-order valence-corrected chi connectivity index (χ1v) is 9.28. The van der Waals surface area contributed by atoms with Gasteiger partial charge in [-0.3, -0.25) is 9.78 Å². The SMILES string of the molecule is CC(C)NC(=O)c1cc(Nc2cnccn2)nc(N[C@@H](C)c2ccc(F)cc2)c1. The Balaban J connectivity index is 1.88. The zero-order chi connectivity index (χ0) is 20.8. The van der Waals surface area contributed by atoms with Gasteiger partial charge in [-0.25, -0.2) is 14.4 Å². The van der Waals surface area contributed by atoms with Crippen LogP contribution in [0.3, 0.4) is 0 Å². The highest BCUT2D eigenvalue weighted by Gasteiger charge is 2.14. The van der Waals surface area contributed by atoms with E-state index < -0.39 is 0 Å². The molecule has 3 rings (SSSR count). The van der Waals surface area contributed by atoms with Crippen LogP contribution in [0.2, 0.25) is 0 Å². The largest absolute Gasteiger partial charge is 0.363 e. The monoisotopic (exact) mass is 394 g/mol. The second-order valence-electron chi connectivity index (χ2n) is 6.89. The van der Waals surface area contributed by atoms with Crippen molar-refractivity contribution < 1.29 is 9.18 Å². The Hall–Kier alpha value is -3.55. The number of hydrogen-bond donors (Lipinski definition) is 3. The highest BCUT2D eigenvalue weighted by Crippen LogP contribution is 2.22. The molecule has 0 saturated heterocycles. The van der Waals surface area contributed by atoms with Gasteiger partial charge in [0.1, 0.15) is 23.3 Å². The summed E-state index contributed by atoms with van der Waals surface area (Å²) in [5, 5.41) is 9.20. The van der Waals surface area contributed by atoms with Crippen molar-refractivity contribution in [1.29, 1.82) is 0 Å². The zero-order valence-electron chi connectivity index (χ0n) is 16.5. The molecule has 29 heavy (non-hydrogen) atoms. The van der Waals surface area contributed by atoms with E-state index in [9.17, 15) is 9.18 Å². The van der Waals surface area contributed by atoms with Crippen molar-refractivity contribution in [3.05, 3.63) is 71.9 Å². The van der Waals surface area contributed by atoms with Crippen molar-refractivity contribution in [3.8, 4) is 0 Å². The second kappa shape index (κ2) is 9.09. The number of carbonyl (C=O) groups excluding carboxylic acids is 1. The topological polar surface area (TPSA) is 91.8 Å². The second-order valence-corrected chi connectivity index (χ2v) is 6.89. The molecule has 1 aromatic carbocycles. The normalized spacial score (nSPS) is 11.8. The number of rotatable bonds is 7. The molecule has 0 saturated carbocycles. The van der Waals surface area contributed by atoms with E-state index in [2.05, 4.69) is 30.9 Å². The molecule has 2 aromatic heterocycles. The van der Waals surface area contributed by atoms with Crippen LogP contribution in [0.25, 0.3) is 0 Å². The molecule has 1 atom stereocenters. The van der Waals surface area contributed by atoms with Crippen molar-refractivity contribution in [1.82, 2.24) is 20.3 Å². The van der Waals surface area contributed by atoms with E-state index in [1.807, 2.05) is 20.8 Å². The van der Waals surface area contributed by atoms with E-state index >= 15 is 0 Å². The minimum Gasteiger partial charge on any atom is -0.363 e. The maximum Gasteiger partial charge on any atom is 0.251 e. The van der Waals surface area contributed by atoms with Crippen LogP contribution in [0, 0.1) is 5.82 Å². The van der Waals surface area contributed by atoms with Crippen molar-refractivity contribution >= 4 is 23.4 Å². The van der Waals surface area contributed by atoms with Gasteiger partial charge in [0.2, 0.25) is 0 Å². The fourth-order valence-corrected chi connectivity index (χ4v) is 2.70. The van der Waals surface area contributed by atoms with Gasteiger partial charge < -0.3 is 16.0 Å². The Morgan fingerprint density at radius 1 is 1.00 bits per heavy atom. The number of hydrogen-bond acceptors (Lipinski definition) is 6. The van der Waals surface area contributed by atoms with Crippen LogP contribution in [0.15, 0.2) is 55.0 Å². The number of pyridine rings is 1. The number of anilines is 3. The van der Waals surface area contributed by atoms with Crippen molar-refractivity contribution in [2.45, 2.75) is 32.9 Å². The summed E-state index contributed by atoms with van der Waals surface area (Å²) in [6.07, 6.45) is 4.70. The van der Waals surface area contributed by atoms with E-state index in [0.717, 1.165) is 5.56 Å². The minimum atomic E-state index is -0.290. The van der Waals surface area contributed by atoms with Gasteiger partial charge in [-0.1, -0.05) is 12.1 Å². The lowest BCUT2D eigenvalue weighted by atomic mass is 10.1. The predicted octanol–water partition coefficient (Wildman–Crippen LogP) is 4.07. The molecule has 0 aliphatic rings. The number of benzene rings is 1. The van der Waals surface area contributed by atoms with Crippen LogP contribution >= 0.6 is 0 Å². The standard InChI is InChI=1S/C21H23FN6O/c1-13(2)25-21(29)16-10-18(26-14(3)15-4-6-17(22)7-5-15)27-19(11-16)28-20-12-23-8-9-24-20/h4-14H,1-3H3,(H,25,29)(H2,24,26,27,28)/t14-/m0/s1. The van der Waals surface area contributed by atoms with Crippen LogP contribution in [0.5, 0.6) is 0 Å². The molecule has 0 aliphatic carbocycles. The third-order valence-electron chi connectivity index (χ3n) is 4.06. The lowest BCUT2D eigenvalue weighted by molar-refractivity contribution is 0.0943. The van der Waals surface area contributed by atoms with Gasteiger partial charge >= 0.3 is 0 Å². The van der Waals surface area contributed by atoms with Crippen molar-refractivity contribution in [2.24, 2.45) is 0 Å². The molecule has 0 fully saturated rings. The number of nitrogens with zero attached hydrogens (tertiary/aromatic N) is 3. The highest BCUT2D eigenvalue weighted by molar-refractivity contribution is 5.96. The molecule has 0 radical (unpaired) electrons. The summed E-state index contributed by atoms with van der Waals surface area (Å²) in [7, 11) is 0. The highest BCUT2D eigenvalue weighted by atomic mass is 19.1. The van der Waals surface area contributed by atoms with Crippen molar-refractivity contribution in [2.75, 3.05) is 10.6 Å². The van der Waals surface area contributed by atoms with E-state index in [0.29, 0.717) is 23.0 Å². The molecular formula is C21H23FN6O. The van der Waals surface area contributed by atoms with Crippen LogP contribution in [-0.2, 0) is 0 Å². The van der Waals surface area contributed by atoms with Crippen LogP contribution in [-0.4, -0.2) is 26.9 Å². The number of halogens is 1. The Bertz CT molecular complexity index is 963. The lowest BCUT2D eigenvalue weighted by Crippen LogP contribution is -2.30. The first kappa shape index (κ1) is 20.2. The van der Waals surface area contributed by atoms with Gasteiger partial charge in [0.15, 0.2) is 0 Å². The third kappa shape index (κ3) is 5.71. The van der Waals surface area contributed by atoms with Crippen LogP contribution < -0.4 is 16.0 Å². The first-order chi connectivity index (χ1) is 13.9. The number of carbonyl (C=O) groups is 1. The summed E-state index contributed by atoms with van der Waals surface area (Å²) in [6.45, 7) is 5.73. The Labute approximate surface area is 168 Å². The maximum absolute atomic E-state index is 13.2. The Morgan fingerprint density at radius 2 is 1.72 bits per heavy atom. The van der Waals surface area contributed by atoms with E-state index in [1.165, 1.54) is 12.1 Å². The predicted molar refractivity (Wildman–Crippen MR) is 111 cm³/mol. The minimum absolute atomic E-state index is 0.00149. The van der Waals surface area contributed by atoms with Gasteiger partial charge in [0.05, 0.1) is 6.20 Å². The molecule has 1 amide bonds. The number of aromatic nitrogens is 3. The zero-order valence-corrected chi connectivity index (χ0v) is 16.5. The summed E-state index contributed by atoms with van der Waals surface area (Å²) < 4.78 is 13.2. The molecule has 0 aliphatic heterocycles. The van der Waals surface area contributed by atoms with Gasteiger partial charge in [-0.2, -0.15) is 0 Å². The van der Waals surface area contributed by atoms with Crippen LogP contribution in [0.4, 0.5) is 21.8 Å². The van der Waals surface area contributed by atoms with E-state index in [1.54, 1.807) is 42.9 Å². The van der Waals surface area contributed by atoms with Gasteiger partial charge in [-0.15, -0.1) is 0 Å². The molecule has 0 unspecified atom stereocenters.